The monoisotopic (exact) mass is 442 g/mol. The Hall–Kier alpha value is -3.16. The van der Waals surface area contributed by atoms with Crippen molar-refractivity contribution in [3.63, 3.8) is 0 Å². The van der Waals surface area contributed by atoms with Crippen molar-refractivity contribution in [3.8, 4) is 5.75 Å². The van der Waals surface area contributed by atoms with E-state index in [0.717, 1.165) is 16.9 Å². The van der Waals surface area contributed by atoms with E-state index in [0.29, 0.717) is 27.1 Å². The van der Waals surface area contributed by atoms with Crippen LogP contribution in [-0.4, -0.2) is 23.8 Å². The molecule has 0 radical (unpaired) electrons. The minimum absolute atomic E-state index is 0.307. The molecule has 3 rings (SSSR count). The van der Waals surface area contributed by atoms with Gasteiger partial charge in [-0.25, -0.2) is 0 Å². The number of carbonyl (C=O) groups is 3. The third-order valence-corrected chi connectivity index (χ3v) is 5.29. The van der Waals surface area contributed by atoms with Crippen molar-refractivity contribution in [1.82, 2.24) is 5.32 Å². The summed E-state index contributed by atoms with van der Waals surface area (Å²) in [6, 6.07) is 18.3. The first-order valence-corrected chi connectivity index (χ1v) is 10.3. The lowest BCUT2D eigenvalue weighted by Crippen LogP contribution is -2.45. The van der Waals surface area contributed by atoms with Crippen LogP contribution in [0.2, 0.25) is 4.34 Å². The number of amides is 2. The Kier molecular flexibility index (Phi) is 7.21. The first-order valence-electron chi connectivity index (χ1n) is 9.10. The van der Waals surface area contributed by atoms with E-state index in [1.807, 2.05) is 30.3 Å². The van der Waals surface area contributed by atoms with Crippen LogP contribution in [-0.2, 0) is 16.0 Å². The molecule has 8 heteroatoms. The van der Waals surface area contributed by atoms with Crippen LogP contribution < -0.4 is 15.4 Å². The summed E-state index contributed by atoms with van der Waals surface area (Å²) in [6.45, 7) is 1.30. The predicted molar refractivity (Wildman–Crippen MR) is 117 cm³/mol. The maximum Gasteiger partial charge on any atom is 0.308 e. The largest absolute Gasteiger partial charge is 0.427 e. The Morgan fingerprint density at radius 3 is 2.47 bits per heavy atom. The van der Waals surface area contributed by atoms with Gasteiger partial charge >= 0.3 is 5.97 Å². The number of rotatable bonds is 7. The van der Waals surface area contributed by atoms with Crippen molar-refractivity contribution in [2.75, 3.05) is 5.32 Å². The zero-order valence-electron chi connectivity index (χ0n) is 16.1. The molecule has 0 bridgehead atoms. The molecule has 0 aliphatic heterocycles. The van der Waals surface area contributed by atoms with Gasteiger partial charge in [0.05, 0.1) is 9.21 Å². The summed E-state index contributed by atoms with van der Waals surface area (Å²) in [4.78, 5) is 37.1. The summed E-state index contributed by atoms with van der Waals surface area (Å²) in [7, 11) is 0. The maximum absolute atomic E-state index is 13.0. The molecule has 2 N–H and O–H groups in total. The van der Waals surface area contributed by atoms with Crippen LogP contribution in [0.1, 0.15) is 22.2 Å². The number of benzene rings is 2. The summed E-state index contributed by atoms with van der Waals surface area (Å²) in [5.74, 6) is -0.911. The molecule has 2 aromatic carbocycles. The molecule has 154 valence electrons. The SMILES string of the molecule is CC(=O)Oc1cccc(NC(=O)[C@@H](Cc2ccccc2)NC(=O)c2ccc(Cl)s2)c1. The van der Waals surface area contributed by atoms with Crippen molar-refractivity contribution in [2.24, 2.45) is 0 Å². The molecule has 0 saturated carbocycles. The number of nitrogens with one attached hydrogen (secondary N) is 2. The van der Waals surface area contributed by atoms with Crippen molar-refractivity contribution < 1.29 is 19.1 Å². The number of ether oxygens (including phenoxy) is 1. The molecule has 0 aliphatic carbocycles. The Morgan fingerprint density at radius 1 is 1.03 bits per heavy atom. The van der Waals surface area contributed by atoms with E-state index in [1.165, 1.54) is 6.92 Å². The summed E-state index contributed by atoms with van der Waals surface area (Å²) in [5, 5.41) is 5.55. The van der Waals surface area contributed by atoms with E-state index in [2.05, 4.69) is 10.6 Å². The molecule has 0 saturated heterocycles. The zero-order valence-corrected chi connectivity index (χ0v) is 17.6. The van der Waals surface area contributed by atoms with E-state index in [9.17, 15) is 14.4 Å². The van der Waals surface area contributed by atoms with Gasteiger partial charge in [-0.2, -0.15) is 0 Å². The molecule has 30 heavy (non-hydrogen) atoms. The number of esters is 1. The highest BCUT2D eigenvalue weighted by molar-refractivity contribution is 7.18. The molecule has 0 aliphatic rings. The van der Waals surface area contributed by atoms with Gasteiger partial charge in [-0.1, -0.05) is 48.0 Å². The zero-order chi connectivity index (χ0) is 21.5. The van der Waals surface area contributed by atoms with Crippen LogP contribution in [0, 0.1) is 0 Å². The van der Waals surface area contributed by atoms with Gasteiger partial charge in [0.2, 0.25) is 5.91 Å². The normalized spacial score (nSPS) is 11.4. The van der Waals surface area contributed by atoms with Crippen molar-refractivity contribution in [1.29, 1.82) is 0 Å². The molecule has 6 nitrogen and oxygen atoms in total. The van der Waals surface area contributed by atoms with Gasteiger partial charge < -0.3 is 15.4 Å². The molecule has 0 unspecified atom stereocenters. The van der Waals surface area contributed by atoms with Crippen molar-refractivity contribution in [3.05, 3.63) is 81.5 Å². The van der Waals surface area contributed by atoms with E-state index < -0.39 is 17.9 Å². The van der Waals surface area contributed by atoms with E-state index in [4.69, 9.17) is 16.3 Å². The Labute approximate surface area is 182 Å². The van der Waals surface area contributed by atoms with Crippen LogP contribution in [0.3, 0.4) is 0 Å². The van der Waals surface area contributed by atoms with Gasteiger partial charge in [-0.05, 0) is 29.8 Å². The highest BCUT2D eigenvalue weighted by atomic mass is 35.5. The minimum atomic E-state index is -0.821. The number of thiophene rings is 1. The lowest BCUT2D eigenvalue weighted by molar-refractivity contribution is -0.131. The number of hydrogen-bond acceptors (Lipinski definition) is 5. The third-order valence-electron chi connectivity index (χ3n) is 4.06. The third kappa shape index (κ3) is 6.17. The van der Waals surface area contributed by atoms with Crippen LogP contribution in [0.25, 0.3) is 0 Å². The highest BCUT2D eigenvalue weighted by Gasteiger charge is 2.23. The average molecular weight is 443 g/mol. The van der Waals surface area contributed by atoms with Crippen molar-refractivity contribution in [2.45, 2.75) is 19.4 Å². The number of carbonyl (C=O) groups excluding carboxylic acids is 3. The number of halogens is 1. The molecular weight excluding hydrogens is 424 g/mol. The second-order valence-electron chi connectivity index (χ2n) is 6.43. The Morgan fingerprint density at radius 2 is 1.80 bits per heavy atom. The van der Waals surface area contributed by atoms with E-state index in [-0.39, 0.29) is 5.91 Å². The summed E-state index contributed by atoms with van der Waals surface area (Å²) in [6.07, 6.45) is 0.307. The van der Waals surface area contributed by atoms with Crippen molar-refractivity contribution >= 4 is 46.4 Å². The first-order chi connectivity index (χ1) is 14.4. The molecular formula is C22H19ClN2O4S. The second-order valence-corrected chi connectivity index (χ2v) is 8.15. The van der Waals surface area contributed by atoms with E-state index >= 15 is 0 Å². The first kappa shape index (κ1) is 21.5. The molecule has 0 fully saturated rings. The lowest BCUT2D eigenvalue weighted by Gasteiger charge is -2.18. The maximum atomic E-state index is 13.0. The van der Waals surface area contributed by atoms with Gasteiger partial charge in [-0.15, -0.1) is 11.3 Å². The average Bonchev–Trinajstić information content (AvgIpc) is 3.14. The quantitative estimate of drug-likeness (QED) is 0.422. The molecule has 3 aromatic rings. The summed E-state index contributed by atoms with van der Waals surface area (Å²) < 4.78 is 5.54. The molecule has 0 spiro atoms. The summed E-state index contributed by atoms with van der Waals surface area (Å²) in [5.41, 5.74) is 1.35. The van der Waals surface area contributed by atoms with Crippen LogP contribution in [0.4, 0.5) is 5.69 Å². The fourth-order valence-corrected chi connectivity index (χ4v) is 3.70. The number of anilines is 1. The lowest BCUT2D eigenvalue weighted by atomic mass is 10.0. The predicted octanol–water partition coefficient (Wildman–Crippen LogP) is 4.31. The van der Waals surface area contributed by atoms with Crippen LogP contribution in [0.15, 0.2) is 66.7 Å². The molecule has 1 atom stereocenters. The summed E-state index contributed by atoms with van der Waals surface area (Å²) >= 11 is 7.06. The topological polar surface area (TPSA) is 84.5 Å². The fourth-order valence-electron chi connectivity index (χ4n) is 2.76. The molecule has 1 aromatic heterocycles. The standard InChI is InChI=1S/C22H19ClN2O4S/c1-14(26)29-17-9-5-8-16(13-17)24-21(27)18(12-15-6-3-2-4-7-15)25-22(28)19-10-11-20(23)30-19/h2-11,13,18H,12H2,1H3,(H,24,27)(H,25,28)/t18-/m1/s1. The Bertz CT molecular complexity index is 1050. The van der Waals surface area contributed by atoms with Crippen LogP contribution >= 0.6 is 22.9 Å². The van der Waals surface area contributed by atoms with E-state index in [1.54, 1.807) is 36.4 Å². The van der Waals surface area contributed by atoms with Gasteiger partial charge in [0, 0.05) is 25.1 Å². The molecule has 1 heterocycles. The smallest absolute Gasteiger partial charge is 0.308 e. The molecule has 2 amide bonds. The van der Waals surface area contributed by atoms with Gasteiger partial charge in [0.15, 0.2) is 0 Å². The number of hydrogen-bond donors (Lipinski definition) is 2. The van der Waals surface area contributed by atoms with Gasteiger partial charge in [-0.3, -0.25) is 14.4 Å². The van der Waals surface area contributed by atoms with Gasteiger partial charge in [0.25, 0.3) is 5.91 Å². The second kappa shape index (κ2) is 10.0. The fraction of sp³-hybridized carbons (Fsp3) is 0.136. The van der Waals surface area contributed by atoms with Crippen LogP contribution in [0.5, 0.6) is 5.75 Å². The van der Waals surface area contributed by atoms with Gasteiger partial charge in [0.1, 0.15) is 11.8 Å². The Balaban J connectivity index is 1.77. The highest BCUT2D eigenvalue weighted by Crippen LogP contribution is 2.22. The minimum Gasteiger partial charge on any atom is -0.427 e.